The van der Waals surface area contributed by atoms with Crippen LogP contribution in [0.4, 0.5) is 4.39 Å². The summed E-state index contributed by atoms with van der Waals surface area (Å²) in [5.74, 6) is 0.139. The van der Waals surface area contributed by atoms with Crippen molar-refractivity contribution in [3.05, 3.63) is 0 Å². The fraction of sp³-hybridized carbons (Fsp3) is 0.923. The number of rotatable bonds is 4. The Bertz CT molecular complexity index is 297. The Morgan fingerprint density at radius 1 is 1.47 bits per heavy atom. The van der Waals surface area contributed by atoms with E-state index in [1.165, 1.54) is 7.11 Å². The summed E-state index contributed by atoms with van der Waals surface area (Å²) >= 11 is 0. The Balaban J connectivity index is 2.22. The standard InChI is InChI=1S/C13H22FNO2/c1-15-11-6-5-10(4-3-9-14)13(15,8-7-11)12(16)17-2/h10-11H,3-9H2,1-2H3/t10?,11-,13-/m1/s1. The lowest BCUT2D eigenvalue weighted by molar-refractivity contribution is -0.160. The number of fused-ring (bicyclic) bond motifs is 2. The Hall–Kier alpha value is -0.640. The van der Waals surface area contributed by atoms with Gasteiger partial charge in [-0.25, -0.2) is 0 Å². The summed E-state index contributed by atoms with van der Waals surface area (Å²) in [4.78, 5) is 14.4. The second-order valence-electron chi connectivity index (χ2n) is 5.32. The van der Waals surface area contributed by atoms with Crippen LogP contribution in [0.5, 0.6) is 0 Å². The van der Waals surface area contributed by atoms with Gasteiger partial charge in [-0.05, 0) is 51.5 Å². The van der Waals surface area contributed by atoms with Crippen molar-refractivity contribution >= 4 is 5.97 Å². The molecule has 4 heteroatoms. The predicted octanol–water partition coefficient (Wildman–Crippen LogP) is 2.15. The lowest BCUT2D eigenvalue weighted by Crippen LogP contribution is -2.59. The van der Waals surface area contributed by atoms with Crippen LogP contribution in [0.1, 0.15) is 38.5 Å². The van der Waals surface area contributed by atoms with Crippen LogP contribution in [0.25, 0.3) is 0 Å². The molecule has 2 bridgehead atoms. The average Bonchev–Trinajstić information content (AvgIpc) is 2.57. The second-order valence-corrected chi connectivity index (χ2v) is 5.32. The van der Waals surface area contributed by atoms with Gasteiger partial charge in [-0.1, -0.05) is 0 Å². The quantitative estimate of drug-likeness (QED) is 0.709. The van der Waals surface area contributed by atoms with Crippen molar-refractivity contribution in [2.24, 2.45) is 5.92 Å². The van der Waals surface area contributed by atoms with E-state index < -0.39 is 5.54 Å². The number of carbonyl (C=O) groups excluding carboxylic acids is 1. The van der Waals surface area contributed by atoms with Crippen LogP contribution >= 0.6 is 0 Å². The lowest BCUT2D eigenvalue weighted by atomic mass is 9.75. The Morgan fingerprint density at radius 2 is 2.24 bits per heavy atom. The normalized spacial score (nSPS) is 37.1. The van der Waals surface area contributed by atoms with E-state index in [-0.39, 0.29) is 18.6 Å². The molecule has 2 rings (SSSR count). The third-order valence-electron chi connectivity index (χ3n) is 4.78. The number of nitrogens with zero attached hydrogens (tertiary/aromatic N) is 1. The van der Waals surface area contributed by atoms with E-state index in [0.717, 1.165) is 32.1 Å². The summed E-state index contributed by atoms with van der Waals surface area (Å²) in [6.45, 7) is -0.291. The number of hydrogen-bond acceptors (Lipinski definition) is 3. The molecule has 3 atom stereocenters. The summed E-state index contributed by atoms with van der Waals surface area (Å²) < 4.78 is 17.4. The molecule has 0 aliphatic carbocycles. The Labute approximate surface area is 102 Å². The lowest BCUT2D eigenvalue weighted by Gasteiger charge is -2.46. The molecule has 2 saturated heterocycles. The molecule has 2 aliphatic heterocycles. The average molecular weight is 243 g/mol. The highest BCUT2D eigenvalue weighted by atomic mass is 19.1. The molecule has 3 nitrogen and oxygen atoms in total. The summed E-state index contributed by atoms with van der Waals surface area (Å²) in [7, 11) is 3.48. The molecule has 98 valence electrons. The Kier molecular flexibility index (Phi) is 3.71. The summed E-state index contributed by atoms with van der Waals surface area (Å²) in [6, 6.07) is 0.510. The molecule has 0 spiro atoms. The van der Waals surface area contributed by atoms with E-state index in [2.05, 4.69) is 4.90 Å². The number of piperidine rings is 1. The topological polar surface area (TPSA) is 29.5 Å². The third-order valence-corrected chi connectivity index (χ3v) is 4.78. The molecule has 0 aromatic carbocycles. The van der Waals surface area contributed by atoms with Gasteiger partial charge < -0.3 is 4.74 Å². The first-order valence-electron chi connectivity index (χ1n) is 6.54. The van der Waals surface area contributed by atoms with Gasteiger partial charge >= 0.3 is 5.97 Å². The number of hydrogen-bond donors (Lipinski definition) is 0. The van der Waals surface area contributed by atoms with E-state index in [0.29, 0.717) is 12.5 Å². The zero-order chi connectivity index (χ0) is 12.5. The number of esters is 1. The van der Waals surface area contributed by atoms with Crippen LogP contribution in [0.3, 0.4) is 0 Å². The van der Waals surface area contributed by atoms with Crippen LogP contribution in [-0.4, -0.2) is 43.3 Å². The molecule has 2 aliphatic rings. The van der Waals surface area contributed by atoms with Gasteiger partial charge in [0.15, 0.2) is 0 Å². The third kappa shape index (κ3) is 1.86. The number of ether oxygens (including phenoxy) is 1. The maximum atomic E-state index is 12.4. The van der Waals surface area contributed by atoms with Crippen molar-refractivity contribution in [1.82, 2.24) is 4.90 Å². The summed E-state index contributed by atoms with van der Waals surface area (Å²) in [5, 5.41) is 0. The molecule has 2 fully saturated rings. The van der Waals surface area contributed by atoms with Crippen molar-refractivity contribution in [2.75, 3.05) is 20.8 Å². The number of methoxy groups -OCH3 is 1. The molecule has 0 amide bonds. The van der Waals surface area contributed by atoms with Gasteiger partial charge in [-0.3, -0.25) is 14.1 Å². The van der Waals surface area contributed by atoms with Gasteiger partial charge in [-0.2, -0.15) is 0 Å². The number of carbonyl (C=O) groups is 1. The molecule has 1 unspecified atom stereocenters. The van der Waals surface area contributed by atoms with Gasteiger partial charge in [0.25, 0.3) is 0 Å². The van der Waals surface area contributed by atoms with Gasteiger partial charge in [0.2, 0.25) is 0 Å². The van der Waals surface area contributed by atoms with Gasteiger partial charge in [0, 0.05) is 6.04 Å². The molecule has 0 aromatic rings. The minimum Gasteiger partial charge on any atom is -0.468 e. The van der Waals surface area contributed by atoms with Crippen LogP contribution in [0, 0.1) is 5.92 Å². The maximum absolute atomic E-state index is 12.4. The molecule has 0 radical (unpaired) electrons. The highest BCUT2D eigenvalue weighted by Crippen LogP contribution is 2.48. The van der Waals surface area contributed by atoms with Crippen LogP contribution in [0.15, 0.2) is 0 Å². The van der Waals surface area contributed by atoms with Gasteiger partial charge in [0.05, 0.1) is 13.8 Å². The maximum Gasteiger partial charge on any atom is 0.326 e. The van der Waals surface area contributed by atoms with E-state index >= 15 is 0 Å². The molecular weight excluding hydrogens is 221 g/mol. The van der Waals surface area contributed by atoms with Crippen LogP contribution in [-0.2, 0) is 9.53 Å². The molecule has 2 heterocycles. The highest BCUT2D eigenvalue weighted by molar-refractivity contribution is 5.82. The molecular formula is C13H22FNO2. The molecule has 0 saturated carbocycles. The monoisotopic (exact) mass is 243 g/mol. The smallest absolute Gasteiger partial charge is 0.326 e. The van der Waals surface area contributed by atoms with E-state index in [4.69, 9.17) is 4.74 Å². The fourth-order valence-electron chi connectivity index (χ4n) is 3.84. The highest BCUT2D eigenvalue weighted by Gasteiger charge is 2.57. The zero-order valence-corrected chi connectivity index (χ0v) is 10.7. The van der Waals surface area contributed by atoms with Crippen molar-refractivity contribution in [2.45, 2.75) is 50.1 Å². The number of alkyl halides is 1. The first-order valence-corrected chi connectivity index (χ1v) is 6.54. The van der Waals surface area contributed by atoms with Crippen LogP contribution < -0.4 is 0 Å². The molecule has 0 N–H and O–H groups in total. The van der Waals surface area contributed by atoms with E-state index in [9.17, 15) is 9.18 Å². The zero-order valence-electron chi connectivity index (χ0n) is 10.7. The SMILES string of the molecule is COC(=O)[C@@]12CC[C@@H](CCC1CCCF)N2C. The second kappa shape index (κ2) is 4.92. The van der Waals surface area contributed by atoms with Crippen LogP contribution in [0.2, 0.25) is 0 Å². The summed E-state index contributed by atoms with van der Waals surface area (Å²) in [6.07, 6.45) is 5.45. The van der Waals surface area contributed by atoms with Crippen molar-refractivity contribution in [1.29, 1.82) is 0 Å². The van der Waals surface area contributed by atoms with Crippen molar-refractivity contribution in [3.63, 3.8) is 0 Å². The van der Waals surface area contributed by atoms with Gasteiger partial charge in [-0.15, -0.1) is 0 Å². The van der Waals surface area contributed by atoms with E-state index in [1.54, 1.807) is 0 Å². The summed E-state index contributed by atoms with van der Waals surface area (Å²) in [5.41, 5.74) is -0.465. The van der Waals surface area contributed by atoms with Crippen molar-refractivity contribution in [3.8, 4) is 0 Å². The number of halogens is 1. The largest absolute Gasteiger partial charge is 0.468 e. The van der Waals surface area contributed by atoms with Crippen molar-refractivity contribution < 1.29 is 13.9 Å². The first kappa shape index (κ1) is 12.8. The van der Waals surface area contributed by atoms with E-state index in [1.807, 2.05) is 7.05 Å². The first-order chi connectivity index (χ1) is 8.16. The molecule has 0 aromatic heterocycles. The van der Waals surface area contributed by atoms with Gasteiger partial charge in [0.1, 0.15) is 5.54 Å². The Morgan fingerprint density at radius 3 is 2.88 bits per heavy atom. The molecule has 17 heavy (non-hydrogen) atoms. The minimum absolute atomic E-state index is 0.119. The minimum atomic E-state index is -0.465. The number of likely N-dealkylation sites (N-methyl/N-ethyl adjacent to an activating group) is 1. The predicted molar refractivity (Wildman–Crippen MR) is 63.5 cm³/mol. The fourth-order valence-corrected chi connectivity index (χ4v) is 3.84.